The predicted molar refractivity (Wildman–Crippen MR) is 76.3 cm³/mol. The van der Waals surface area contributed by atoms with Gasteiger partial charge in [0, 0.05) is 17.9 Å². The Morgan fingerprint density at radius 3 is 2.67 bits per heavy atom. The van der Waals surface area contributed by atoms with Crippen LogP contribution >= 0.6 is 15.9 Å². The minimum atomic E-state index is -0.153. The number of unbranched alkanes of at least 4 members (excludes halogenated alkanes) is 4. The van der Waals surface area contributed by atoms with Crippen molar-refractivity contribution in [2.75, 3.05) is 18.2 Å². The maximum Gasteiger partial charge on any atom is 0.300 e. The van der Waals surface area contributed by atoms with E-state index in [0.29, 0.717) is 12.6 Å². The monoisotopic (exact) mass is 317 g/mol. The Kier molecular flexibility index (Phi) is 6.78. The van der Waals surface area contributed by atoms with Crippen molar-refractivity contribution in [2.45, 2.75) is 38.6 Å². The average Bonchev–Trinajstić information content (AvgIpc) is 2.35. The van der Waals surface area contributed by atoms with Crippen molar-refractivity contribution >= 4 is 21.7 Å². The highest BCUT2D eigenvalue weighted by Crippen LogP contribution is 2.09. The van der Waals surface area contributed by atoms with Gasteiger partial charge in [0.1, 0.15) is 5.82 Å². The molecule has 0 atom stereocenters. The van der Waals surface area contributed by atoms with E-state index in [1.54, 1.807) is 0 Å². The van der Waals surface area contributed by atoms with E-state index in [1.165, 1.54) is 37.0 Å². The lowest BCUT2D eigenvalue weighted by Gasteiger charge is -2.10. The maximum absolute atomic E-state index is 11.7. The third-order valence-electron chi connectivity index (χ3n) is 2.69. The molecule has 0 aliphatic carbocycles. The van der Waals surface area contributed by atoms with E-state index in [9.17, 15) is 4.79 Å². The van der Waals surface area contributed by atoms with E-state index in [4.69, 9.17) is 10.5 Å². The molecule has 1 heterocycles. The van der Waals surface area contributed by atoms with Gasteiger partial charge in [-0.25, -0.2) is 0 Å². The van der Waals surface area contributed by atoms with Crippen LogP contribution < -0.4 is 16.0 Å². The van der Waals surface area contributed by atoms with Crippen molar-refractivity contribution in [3.8, 4) is 6.01 Å². The van der Waals surface area contributed by atoms with Crippen LogP contribution in [0.25, 0.3) is 0 Å². The highest BCUT2D eigenvalue weighted by Gasteiger charge is 2.06. The quantitative estimate of drug-likeness (QED) is 0.589. The van der Waals surface area contributed by atoms with Gasteiger partial charge in [-0.05, 0) is 12.8 Å². The van der Waals surface area contributed by atoms with Crippen molar-refractivity contribution in [3.05, 3.63) is 16.4 Å². The molecule has 1 aromatic heterocycles. The lowest BCUT2D eigenvalue weighted by atomic mass is 10.1. The second-order valence-corrected chi connectivity index (χ2v) is 4.91. The summed E-state index contributed by atoms with van der Waals surface area (Å²) in [6, 6.07) is 1.62. The minimum absolute atomic E-state index is 0.153. The highest BCUT2D eigenvalue weighted by molar-refractivity contribution is 9.09. The first-order valence-corrected chi connectivity index (χ1v) is 7.28. The summed E-state index contributed by atoms with van der Waals surface area (Å²) in [5, 5.41) is 1.06. The highest BCUT2D eigenvalue weighted by atomic mass is 79.9. The molecule has 0 radical (unpaired) electrons. The van der Waals surface area contributed by atoms with Crippen molar-refractivity contribution in [2.24, 2.45) is 0 Å². The third-order valence-corrected chi connectivity index (χ3v) is 3.25. The van der Waals surface area contributed by atoms with E-state index in [0.717, 1.165) is 18.2 Å². The first kappa shape index (κ1) is 15.0. The molecular formula is C12H20BrN3O2. The summed E-state index contributed by atoms with van der Waals surface area (Å²) in [6.07, 6.45) is 5.66. The van der Waals surface area contributed by atoms with Crippen molar-refractivity contribution < 1.29 is 4.74 Å². The van der Waals surface area contributed by atoms with Gasteiger partial charge in [0.05, 0.1) is 7.11 Å². The van der Waals surface area contributed by atoms with E-state index < -0.39 is 0 Å². The lowest BCUT2D eigenvalue weighted by molar-refractivity contribution is 0.342. The molecule has 0 saturated heterocycles. The summed E-state index contributed by atoms with van der Waals surface area (Å²) >= 11 is 3.41. The van der Waals surface area contributed by atoms with Crippen LogP contribution in [0.3, 0.4) is 0 Å². The molecule has 0 aromatic carbocycles. The number of hydrogen-bond donors (Lipinski definition) is 1. The van der Waals surface area contributed by atoms with E-state index >= 15 is 0 Å². The average molecular weight is 318 g/mol. The van der Waals surface area contributed by atoms with E-state index in [1.807, 2.05) is 0 Å². The largest absolute Gasteiger partial charge is 0.468 e. The van der Waals surface area contributed by atoms with Gasteiger partial charge in [-0.1, -0.05) is 35.2 Å². The first-order chi connectivity index (χ1) is 8.69. The molecule has 18 heavy (non-hydrogen) atoms. The number of nitrogen functional groups attached to an aromatic ring is 1. The number of anilines is 1. The molecule has 102 valence electrons. The summed E-state index contributed by atoms with van der Waals surface area (Å²) in [5.74, 6) is 0.199. The summed E-state index contributed by atoms with van der Waals surface area (Å²) in [7, 11) is 1.49. The van der Waals surface area contributed by atoms with Gasteiger partial charge in [0.15, 0.2) is 0 Å². The Bertz CT molecular complexity index is 420. The summed E-state index contributed by atoms with van der Waals surface area (Å²) in [5.41, 5.74) is 5.35. The molecule has 6 heteroatoms. The standard InChI is InChI=1S/C12H20BrN3O2/c1-18-12-15-10(14)9-11(17)16(12)8-6-4-2-3-5-7-13/h9H,2-8,14H2,1H3. The molecule has 0 amide bonds. The summed E-state index contributed by atoms with van der Waals surface area (Å²) < 4.78 is 6.60. The lowest BCUT2D eigenvalue weighted by Crippen LogP contribution is -2.23. The van der Waals surface area contributed by atoms with Crippen LogP contribution in [0.2, 0.25) is 0 Å². The number of nitrogens with two attached hydrogens (primary N) is 1. The molecule has 0 saturated carbocycles. The predicted octanol–water partition coefficient (Wildman–Crippen LogP) is 2.18. The van der Waals surface area contributed by atoms with Gasteiger partial charge in [-0.3, -0.25) is 9.36 Å². The minimum Gasteiger partial charge on any atom is -0.468 e. The molecular weight excluding hydrogens is 298 g/mol. The van der Waals surface area contributed by atoms with Crippen LogP contribution in [-0.2, 0) is 6.54 Å². The third kappa shape index (κ3) is 4.68. The van der Waals surface area contributed by atoms with Gasteiger partial charge in [-0.15, -0.1) is 0 Å². The molecule has 2 N–H and O–H groups in total. The number of methoxy groups -OCH3 is 1. The Morgan fingerprint density at radius 2 is 2.00 bits per heavy atom. The van der Waals surface area contributed by atoms with Gasteiger partial charge in [-0.2, -0.15) is 4.98 Å². The van der Waals surface area contributed by atoms with E-state index in [2.05, 4.69) is 20.9 Å². The fraction of sp³-hybridized carbons (Fsp3) is 0.667. The fourth-order valence-corrected chi connectivity index (χ4v) is 2.15. The van der Waals surface area contributed by atoms with Crippen molar-refractivity contribution in [1.29, 1.82) is 0 Å². The molecule has 0 fully saturated rings. The number of nitrogens with zero attached hydrogens (tertiary/aromatic N) is 2. The van der Waals surface area contributed by atoms with Crippen LogP contribution in [0.15, 0.2) is 10.9 Å². The second-order valence-electron chi connectivity index (χ2n) is 4.11. The summed E-state index contributed by atoms with van der Waals surface area (Å²) in [6.45, 7) is 0.629. The number of aromatic nitrogens is 2. The van der Waals surface area contributed by atoms with Crippen LogP contribution in [0, 0.1) is 0 Å². The Morgan fingerprint density at radius 1 is 1.33 bits per heavy atom. The van der Waals surface area contributed by atoms with Crippen LogP contribution in [-0.4, -0.2) is 22.0 Å². The van der Waals surface area contributed by atoms with Gasteiger partial charge in [0.2, 0.25) is 0 Å². The molecule has 0 bridgehead atoms. The molecule has 0 aliphatic heterocycles. The first-order valence-electron chi connectivity index (χ1n) is 6.16. The van der Waals surface area contributed by atoms with Crippen LogP contribution in [0.1, 0.15) is 32.1 Å². The zero-order chi connectivity index (χ0) is 13.4. The summed E-state index contributed by atoms with van der Waals surface area (Å²) in [4.78, 5) is 15.7. The number of rotatable bonds is 8. The second kappa shape index (κ2) is 8.13. The Balaban J connectivity index is 2.49. The Labute approximate surface area is 115 Å². The molecule has 0 spiro atoms. The van der Waals surface area contributed by atoms with Gasteiger partial charge in [0.25, 0.3) is 5.56 Å². The number of alkyl halides is 1. The molecule has 0 aliphatic rings. The van der Waals surface area contributed by atoms with Crippen molar-refractivity contribution in [3.63, 3.8) is 0 Å². The molecule has 1 rings (SSSR count). The van der Waals surface area contributed by atoms with Crippen LogP contribution in [0.4, 0.5) is 5.82 Å². The van der Waals surface area contributed by atoms with Gasteiger partial charge < -0.3 is 10.5 Å². The molecule has 1 aromatic rings. The number of ether oxygens (including phenoxy) is 1. The smallest absolute Gasteiger partial charge is 0.300 e. The molecule has 0 unspecified atom stereocenters. The SMILES string of the molecule is COc1nc(N)cc(=O)n1CCCCCCCBr. The fourth-order valence-electron chi connectivity index (χ4n) is 1.76. The van der Waals surface area contributed by atoms with Gasteiger partial charge >= 0.3 is 6.01 Å². The maximum atomic E-state index is 11.7. The Hall–Kier alpha value is -1.04. The van der Waals surface area contributed by atoms with E-state index in [-0.39, 0.29) is 11.4 Å². The zero-order valence-electron chi connectivity index (χ0n) is 10.7. The van der Waals surface area contributed by atoms with Crippen molar-refractivity contribution in [1.82, 2.24) is 9.55 Å². The van der Waals surface area contributed by atoms with Crippen LogP contribution in [0.5, 0.6) is 6.01 Å². The number of hydrogen-bond acceptors (Lipinski definition) is 4. The number of halogens is 1. The zero-order valence-corrected chi connectivity index (χ0v) is 12.3. The molecule has 5 nitrogen and oxygen atoms in total. The normalized spacial score (nSPS) is 10.6. The topological polar surface area (TPSA) is 70.1 Å².